The lowest BCUT2D eigenvalue weighted by molar-refractivity contribution is -0.129. The largest absolute Gasteiger partial charge is 0.361 e. The highest BCUT2D eigenvalue weighted by molar-refractivity contribution is 5.82. The van der Waals surface area contributed by atoms with Crippen molar-refractivity contribution in [1.29, 1.82) is 0 Å². The Morgan fingerprint density at radius 3 is 2.53 bits per heavy atom. The van der Waals surface area contributed by atoms with Gasteiger partial charge in [0.15, 0.2) is 0 Å². The van der Waals surface area contributed by atoms with Crippen molar-refractivity contribution in [2.45, 2.75) is 40.7 Å². The molecule has 0 aromatic carbocycles. The van der Waals surface area contributed by atoms with Crippen molar-refractivity contribution < 1.29 is 9.32 Å². The summed E-state index contributed by atoms with van der Waals surface area (Å²) in [7, 11) is 0. The lowest BCUT2D eigenvalue weighted by atomic mass is 9.92. The smallest absolute Gasteiger partial charge is 0.227 e. The van der Waals surface area contributed by atoms with Gasteiger partial charge in [-0.2, -0.15) is 0 Å². The molecule has 5 heteroatoms. The molecule has 0 saturated heterocycles. The standard InChI is InChI=1S/C12H21N3O2/c1-7(10-8(2)15-17-9(10)3)14-11(16)12(4,5)6-13/h7H,6,13H2,1-5H3,(H,14,16). The Kier molecular flexibility index (Phi) is 3.93. The average Bonchev–Trinajstić information content (AvgIpc) is 2.58. The highest BCUT2D eigenvalue weighted by Gasteiger charge is 2.28. The molecule has 5 nitrogen and oxygen atoms in total. The topological polar surface area (TPSA) is 81.2 Å². The van der Waals surface area contributed by atoms with Crippen molar-refractivity contribution in [3.63, 3.8) is 0 Å². The van der Waals surface area contributed by atoms with Crippen LogP contribution < -0.4 is 11.1 Å². The van der Waals surface area contributed by atoms with E-state index in [-0.39, 0.29) is 11.9 Å². The van der Waals surface area contributed by atoms with Crippen LogP contribution in [0.4, 0.5) is 0 Å². The van der Waals surface area contributed by atoms with Gasteiger partial charge in [-0.3, -0.25) is 4.79 Å². The zero-order chi connectivity index (χ0) is 13.2. The van der Waals surface area contributed by atoms with Crippen molar-refractivity contribution >= 4 is 5.91 Å². The van der Waals surface area contributed by atoms with Crippen molar-refractivity contribution in [1.82, 2.24) is 10.5 Å². The van der Waals surface area contributed by atoms with Crippen LogP contribution in [0.25, 0.3) is 0 Å². The lowest BCUT2D eigenvalue weighted by Crippen LogP contribution is -2.42. The van der Waals surface area contributed by atoms with Crippen LogP contribution in [-0.2, 0) is 4.79 Å². The van der Waals surface area contributed by atoms with E-state index in [4.69, 9.17) is 10.3 Å². The molecule has 1 unspecified atom stereocenters. The highest BCUT2D eigenvalue weighted by Crippen LogP contribution is 2.22. The molecule has 0 aliphatic carbocycles. The molecular formula is C12H21N3O2. The minimum Gasteiger partial charge on any atom is -0.361 e. The molecule has 1 aromatic heterocycles. The van der Waals surface area contributed by atoms with E-state index in [1.54, 1.807) is 0 Å². The van der Waals surface area contributed by atoms with Crippen LogP contribution >= 0.6 is 0 Å². The summed E-state index contributed by atoms with van der Waals surface area (Å²) in [5.74, 6) is 0.674. The fourth-order valence-electron chi connectivity index (χ4n) is 1.67. The maximum Gasteiger partial charge on any atom is 0.227 e. The minimum absolute atomic E-state index is 0.0625. The van der Waals surface area contributed by atoms with Gasteiger partial charge in [-0.15, -0.1) is 0 Å². The first-order valence-corrected chi connectivity index (χ1v) is 5.73. The number of aryl methyl sites for hydroxylation is 2. The van der Waals surface area contributed by atoms with Gasteiger partial charge < -0.3 is 15.6 Å². The summed E-state index contributed by atoms with van der Waals surface area (Å²) in [5.41, 5.74) is 6.75. The molecule has 17 heavy (non-hydrogen) atoms. The summed E-state index contributed by atoms with van der Waals surface area (Å²) >= 11 is 0. The fraction of sp³-hybridized carbons (Fsp3) is 0.667. The molecule has 0 bridgehead atoms. The molecular weight excluding hydrogens is 218 g/mol. The van der Waals surface area contributed by atoms with Crippen molar-refractivity contribution in [3.05, 3.63) is 17.0 Å². The Bertz CT molecular complexity index is 390. The molecule has 0 aliphatic heterocycles. The van der Waals surface area contributed by atoms with E-state index >= 15 is 0 Å². The van der Waals surface area contributed by atoms with E-state index in [0.29, 0.717) is 6.54 Å². The Morgan fingerprint density at radius 2 is 2.12 bits per heavy atom. The molecule has 1 rings (SSSR count). The van der Waals surface area contributed by atoms with Gasteiger partial charge in [0.25, 0.3) is 0 Å². The zero-order valence-corrected chi connectivity index (χ0v) is 11.1. The molecule has 0 fully saturated rings. The van der Waals surface area contributed by atoms with Crippen molar-refractivity contribution in [2.75, 3.05) is 6.54 Å². The summed E-state index contributed by atoms with van der Waals surface area (Å²) in [6.07, 6.45) is 0. The van der Waals surface area contributed by atoms with Crippen LogP contribution in [0, 0.1) is 19.3 Å². The molecule has 1 atom stereocenters. The second-order valence-electron chi connectivity index (χ2n) is 5.02. The number of nitrogens with zero attached hydrogens (tertiary/aromatic N) is 1. The number of carbonyl (C=O) groups excluding carboxylic acids is 1. The summed E-state index contributed by atoms with van der Waals surface area (Å²) in [6, 6.07) is -0.125. The van der Waals surface area contributed by atoms with Gasteiger partial charge in [0, 0.05) is 12.1 Å². The first-order valence-electron chi connectivity index (χ1n) is 5.73. The molecule has 3 N–H and O–H groups in total. The van der Waals surface area contributed by atoms with Gasteiger partial charge >= 0.3 is 0 Å². The van der Waals surface area contributed by atoms with Crippen LogP contribution in [0.3, 0.4) is 0 Å². The average molecular weight is 239 g/mol. The first kappa shape index (κ1) is 13.7. The molecule has 0 radical (unpaired) electrons. The molecule has 0 aliphatic rings. The Hall–Kier alpha value is -1.36. The quantitative estimate of drug-likeness (QED) is 0.833. The lowest BCUT2D eigenvalue weighted by Gasteiger charge is -2.24. The van der Waals surface area contributed by atoms with E-state index in [9.17, 15) is 4.79 Å². The van der Waals surface area contributed by atoms with Crippen LogP contribution in [0.15, 0.2) is 4.52 Å². The summed E-state index contributed by atoms with van der Waals surface area (Å²) < 4.78 is 5.08. The van der Waals surface area contributed by atoms with Gasteiger partial charge in [0.05, 0.1) is 17.2 Å². The highest BCUT2D eigenvalue weighted by atomic mass is 16.5. The van der Waals surface area contributed by atoms with E-state index < -0.39 is 5.41 Å². The third-order valence-corrected chi connectivity index (χ3v) is 2.99. The van der Waals surface area contributed by atoms with Gasteiger partial charge in [-0.1, -0.05) is 5.16 Å². The Morgan fingerprint density at radius 1 is 1.53 bits per heavy atom. The van der Waals surface area contributed by atoms with Crippen molar-refractivity contribution in [2.24, 2.45) is 11.1 Å². The molecule has 96 valence electrons. The van der Waals surface area contributed by atoms with Crippen LogP contribution in [0.2, 0.25) is 0 Å². The third kappa shape index (κ3) is 2.85. The number of nitrogens with two attached hydrogens (primary N) is 1. The predicted molar refractivity (Wildman–Crippen MR) is 65.4 cm³/mol. The van der Waals surface area contributed by atoms with Gasteiger partial charge in [-0.05, 0) is 34.6 Å². The van der Waals surface area contributed by atoms with Gasteiger partial charge in [0.1, 0.15) is 5.76 Å². The third-order valence-electron chi connectivity index (χ3n) is 2.99. The van der Waals surface area contributed by atoms with Crippen LogP contribution in [-0.4, -0.2) is 17.6 Å². The number of aromatic nitrogens is 1. The zero-order valence-electron chi connectivity index (χ0n) is 11.1. The van der Waals surface area contributed by atoms with E-state index in [1.165, 1.54) is 0 Å². The number of rotatable bonds is 4. The van der Waals surface area contributed by atoms with E-state index in [1.807, 2.05) is 34.6 Å². The monoisotopic (exact) mass is 239 g/mol. The minimum atomic E-state index is -0.562. The predicted octanol–water partition coefficient (Wildman–Crippen LogP) is 1.45. The maximum absolute atomic E-state index is 12.0. The fourth-order valence-corrected chi connectivity index (χ4v) is 1.67. The van der Waals surface area contributed by atoms with E-state index in [0.717, 1.165) is 17.0 Å². The summed E-state index contributed by atoms with van der Waals surface area (Å²) in [4.78, 5) is 12.0. The number of hydrogen-bond donors (Lipinski definition) is 2. The van der Waals surface area contributed by atoms with Crippen molar-refractivity contribution in [3.8, 4) is 0 Å². The van der Waals surface area contributed by atoms with Gasteiger partial charge in [0.2, 0.25) is 5.91 Å². The first-order chi connectivity index (χ1) is 7.79. The summed E-state index contributed by atoms with van der Waals surface area (Å²) in [5, 5.41) is 6.81. The number of amides is 1. The summed E-state index contributed by atoms with van der Waals surface area (Å²) in [6.45, 7) is 9.57. The number of nitrogens with one attached hydrogen (secondary N) is 1. The Labute approximate surface area is 102 Å². The second kappa shape index (κ2) is 4.87. The number of hydrogen-bond acceptors (Lipinski definition) is 4. The molecule has 1 heterocycles. The van der Waals surface area contributed by atoms with Gasteiger partial charge in [-0.25, -0.2) is 0 Å². The normalized spacial score (nSPS) is 13.5. The SMILES string of the molecule is Cc1noc(C)c1C(C)NC(=O)C(C)(C)CN. The second-order valence-corrected chi connectivity index (χ2v) is 5.02. The molecule has 1 amide bonds. The molecule has 0 spiro atoms. The van der Waals surface area contributed by atoms with E-state index in [2.05, 4.69) is 10.5 Å². The maximum atomic E-state index is 12.0. The van der Waals surface area contributed by atoms with Crippen LogP contribution in [0.5, 0.6) is 0 Å². The Balaban J connectivity index is 2.80. The molecule has 0 saturated carbocycles. The number of carbonyl (C=O) groups is 1. The van der Waals surface area contributed by atoms with Crippen LogP contribution in [0.1, 0.15) is 43.8 Å². The molecule has 1 aromatic rings.